The highest BCUT2D eigenvalue weighted by molar-refractivity contribution is 7.91. The number of anilines is 1. The Morgan fingerprint density at radius 2 is 1.80 bits per heavy atom. The number of amides is 1. The molecule has 1 aliphatic carbocycles. The molecule has 6 rings (SSSR count). The van der Waals surface area contributed by atoms with E-state index in [9.17, 15) is 18.5 Å². The summed E-state index contributed by atoms with van der Waals surface area (Å²) in [6.07, 6.45) is 6.90. The van der Waals surface area contributed by atoms with Crippen molar-refractivity contribution in [2.45, 2.75) is 53.4 Å². The Morgan fingerprint density at radius 1 is 1.07 bits per heavy atom. The van der Waals surface area contributed by atoms with Crippen LogP contribution in [0.3, 0.4) is 0 Å². The first kappa shape index (κ1) is 30.2. The van der Waals surface area contributed by atoms with E-state index in [1.54, 1.807) is 12.1 Å². The molecular weight excluding hydrogens is 576 g/mol. The highest BCUT2D eigenvalue weighted by Crippen LogP contribution is 2.50. The molecular formula is C33H40N6O4S. The minimum absolute atomic E-state index is 0.0341. The average Bonchev–Trinajstić information content (AvgIpc) is 3.75. The molecule has 2 N–H and O–H groups in total. The third-order valence-corrected chi connectivity index (χ3v) is 11.8. The maximum atomic E-state index is 12.7. The van der Waals surface area contributed by atoms with E-state index < -0.39 is 21.3 Å². The maximum Gasteiger partial charge on any atom is 0.407 e. The highest BCUT2D eigenvalue weighted by Gasteiger charge is 2.52. The lowest BCUT2D eigenvalue weighted by atomic mass is 9.59. The van der Waals surface area contributed by atoms with Gasteiger partial charge in [-0.25, -0.2) is 13.2 Å². The Hall–Kier alpha value is -3.88. The summed E-state index contributed by atoms with van der Waals surface area (Å²) in [7, 11) is -2.18. The van der Waals surface area contributed by atoms with Gasteiger partial charge in [0.25, 0.3) is 0 Å². The average molecular weight is 617 g/mol. The molecule has 3 aromatic rings. The van der Waals surface area contributed by atoms with Gasteiger partial charge in [0.15, 0.2) is 0 Å². The number of nitriles is 1. The van der Waals surface area contributed by atoms with E-state index in [2.05, 4.69) is 43.5 Å². The number of nitrogens with one attached hydrogen (secondary N) is 2. The molecule has 3 fully saturated rings. The third-order valence-electron chi connectivity index (χ3n) is 10.0. The summed E-state index contributed by atoms with van der Waals surface area (Å²) in [5.74, 6) is 0.775. The number of likely N-dealkylation sites (tertiary alicyclic amines) is 1. The number of methoxy groups -OCH3 is 1. The second kappa shape index (κ2) is 12.6. The molecule has 1 aromatic heterocycles. The summed E-state index contributed by atoms with van der Waals surface area (Å²) in [5.41, 5.74) is 1.42. The largest absolute Gasteiger partial charge is 0.453 e. The molecule has 3 heterocycles. The number of aromatic nitrogens is 2. The van der Waals surface area contributed by atoms with Crippen molar-refractivity contribution in [1.29, 1.82) is 5.26 Å². The number of hydrogen-bond acceptors (Lipinski definition) is 8. The van der Waals surface area contributed by atoms with Crippen LogP contribution in [0.1, 0.15) is 37.7 Å². The Balaban J connectivity index is 1.07. The summed E-state index contributed by atoms with van der Waals surface area (Å²) in [6.45, 7) is 4.77. The van der Waals surface area contributed by atoms with E-state index in [4.69, 9.17) is 4.74 Å². The van der Waals surface area contributed by atoms with Crippen LogP contribution < -0.4 is 10.2 Å². The first-order valence-electron chi connectivity index (χ1n) is 15.5. The normalized spacial score (nSPS) is 23.0. The molecule has 0 unspecified atom stereocenters. The summed E-state index contributed by atoms with van der Waals surface area (Å²) in [5, 5.41) is 20.3. The van der Waals surface area contributed by atoms with Gasteiger partial charge < -0.3 is 19.9 Å². The van der Waals surface area contributed by atoms with E-state index in [1.165, 1.54) is 19.5 Å². The Kier molecular flexibility index (Phi) is 8.65. The number of alkyl carbamates (subject to hydrolysis) is 1. The molecule has 44 heavy (non-hydrogen) atoms. The van der Waals surface area contributed by atoms with Gasteiger partial charge in [-0.2, -0.15) is 10.4 Å². The molecule has 11 heteroatoms. The number of rotatable bonds is 9. The number of H-pyrrole nitrogens is 1. The van der Waals surface area contributed by atoms with Crippen molar-refractivity contribution in [3.8, 4) is 6.07 Å². The minimum Gasteiger partial charge on any atom is -0.453 e. The van der Waals surface area contributed by atoms with Crippen molar-refractivity contribution in [3.63, 3.8) is 0 Å². The summed E-state index contributed by atoms with van der Waals surface area (Å²) in [4.78, 5) is 17.4. The molecule has 3 aliphatic rings. The van der Waals surface area contributed by atoms with Crippen molar-refractivity contribution in [1.82, 2.24) is 20.4 Å². The molecule has 2 aliphatic heterocycles. The topological polar surface area (TPSA) is 131 Å². The van der Waals surface area contributed by atoms with E-state index in [0.717, 1.165) is 76.1 Å². The second-order valence-electron chi connectivity index (χ2n) is 12.4. The first-order valence-corrected chi connectivity index (χ1v) is 17.0. The third kappa shape index (κ3) is 5.69. The van der Waals surface area contributed by atoms with Gasteiger partial charge in [-0.15, -0.1) is 0 Å². The molecule has 1 amide bonds. The number of ether oxygens (including phenoxy) is 1. The summed E-state index contributed by atoms with van der Waals surface area (Å²) in [6, 6.07) is 20.0. The zero-order valence-electron chi connectivity index (χ0n) is 25.1. The lowest BCUT2D eigenvalue weighted by Gasteiger charge is -2.48. The van der Waals surface area contributed by atoms with Gasteiger partial charge >= 0.3 is 6.09 Å². The molecule has 1 saturated carbocycles. The predicted octanol–water partition coefficient (Wildman–Crippen LogP) is 4.38. The molecule has 232 valence electrons. The molecule has 0 bridgehead atoms. The standard InChI is InChI=1S/C33H40N6O4S/c1-43-32(40)37-31-9-5-8-30(31)33(23-34,25-6-3-2-4-7-25)26-14-16-38(17-15-26)20-24-21-39(22-24)27-10-12-28(13-11-27)44(41,42)29-18-35-36-19-29/h2-4,6-7,10-13,18-19,24,26,30-31H,5,8-9,14-17,20-22H2,1H3,(H,35,36)(H,37,40)/t30-,31-,33+/m0/s1. The van der Waals surface area contributed by atoms with E-state index >= 15 is 0 Å². The number of hydrogen-bond donors (Lipinski definition) is 2. The van der Waals surface area contributed by atoms with E-state index in [1.807, 2.05) is 30.3 Å². The number of carbonyl (C=O) groups is 1. The fraction of sp³-hybridized carbons (Fsp3) is 0.485. The quantitative estimate of drug-likeness (QED) is 0.362. The second-order valence-corrected chi connectivity index (χ2v) is 14.4. The van der Waals surface area contributed by atoms with Crippen LogP contribution >= 0.6 is 0 Å². The summed E-state index contributed by atoms with van der Waals surface area (Å²) < 4.78 is 30.4. The van der Waals surface area contributed by atoms with Gasteiger partial charge in [-0.1, -0.05) is 36.8 Å². The predicted molar refractivity (Wildman–Crippen MR) is 166 cm³/mol. The van der Waals surface area contributed by atoms with E-state index in [0.29, 0.717) is 5.92 Å². The van der Waals surface area contributed by atoms with Gasteiger partial charge in [0.1, 0.15) is 4.90 Å². The fourth-order valence-electron chi connectivity index (χ4n) is 7.78. The zero-order valence-corrected chi connectivity index (χ0v) is 25.9. The molecule has 3 atom stereocenters. The molecule has 0 radical (unpaired) electrons. The van der Waals surface area contributed by atoms with Crippen LogP contribution in [0.5, 0.6) is 0 Å². The number of aromatic amines is 1. The Morgan fingerprint density at radius 3 is 2.43 bits per heavy atom. The van der Waals surface area contributed by atoms with Gasteiger partial charge in [-0.05, 0) is 74.5 Å². The monoisotopic (exact) mass is 616 g/mol. The van der Waals surface area contributed by atoms with Crippen LogP contribution in [0.25, 0.3) is 0 Å². The van der Waals surface area contributed by atoms with Gasteiger partial charge in [-0.3, -0.25) is 5.10 Å². The van der Waals surface area contributed by atoms with Crippen molar-refractivity contribution in [3.05, 3.63) is 72.6 Å². The van der Waals surface area contributed by atoms with Gasteiger partial charge in [0.05, 0.1) is 29.7 Å². The number of piperidine rings is 1. The number of sulfone groups is 1. The minimum atomic E-state index is -3.57. The van der Waals surface area contributed by atoms with Crippen LogP contribution in [0, 0.1) is 29.1 Å². The van der Waals surface area contributed by atoms with Gasteiger partial charge in [0, 0.05) is 49.4 Å². The van der Waals surface area contributed by atoms with Gasteiger partial charge in [0.2, 0.25) is 9.84 Å². The Bertz CT molecular complexity index is 1560. The molecule has 2 saturated heterocycles. The van der Waals surface area contributed by atoms with Crippen LogP contribution in [0.4, 0.5) is 10.5 Å². The SMILES string of the molecule is COC(=O)N[C@H]1CCC[C@@H]1[C@](C#N)(c1ccccc1)C1CCN(CC2CN(c3ccc(S(=O)(=O)c4cn[nH]c4)cc3)C2)CC1. The lowest BCUT2D eigenvalue weighted by Crippen LogP contribution is -2.55. The molecule has 10 nitrogen and oxygen atoms in total. The zero-order chi connectivity index (χ0) is 30.7. The number of nitrogens with zero attached hydrogens (tertiary/aromatic N) is 4. The van der Waals surface area contributed by atoms with Crippen molar-refractivity contribution < 1.29 is 17.9 Å². The lowest BCUT2D eigenvalue weighted by molar-refractivity contribution is 0.0939. The maximum absolute atomic E-state index is 12.7. The van der Waals surface area contributed by atoms with Crippen LogP contribution in [-0.4, -0.2) is 75.5 Å². The van der Waals surface area contributed by atoms with Crippen LogP contribution in [-0.2, 0) is 20.0 Å². The van der Waals surface area contributed by atoms with Crippen LogP contribution in [0.15, 0.2) is 76.8 Å². The summed E-state index contributed by atoms with van der Waals surface area (Å²) >= 11 is 0. The number of benzene rings is 2. The van der Waals surface area contributed by atoms with Crippen molar-refractivity contribution >= 4 is 21.6 Å². The fourth-order valence-corrected chi connectivity index (χ4v) is 8.95. The van der Waals surface area contributed by atoms with Crippen LogP contribution in [0.2, 0.25) is 0 Å². The highest BCUT2D eigenvalue weighted by atomic mass is 32.2. The first-order chi connectivity index (χ1) is 21.3. The molecule has 0 spiro atoms. The smallest absolute Gasteiger partial charge is 0.407 e. The van der Waals surface area contributed by atoms with Crippen molar-refractivity contribution in [2.75, 3.05) is 44.7 Å². The Labute approximate surface area is 259 Å². The van der Waals surface area contributed by atoms with Crippen molar-refractivity contribution in [2.24, 2.45) is 17.8 Å². The number of carbonyl (C=O) groups excluding carboxylic acids is 1. The molecule has 2 aromatic carbocycles. The van der Waals surface area contributed by atoms with E-state index in [-0.39, 0.29) is 27.7 Å².